The maximum atomic E-state index is 15.4. The molecule has 0 bridgehead atoms. The van der Waals surface area contributed by atoms with Crippen LogP contribution < -0.4 is 15.5 Å². The van der Waals surface area contributed by atoms with Gasteiger partial charge in [-0.2, -0.15) is 0 Å². The Hall–Kier alpha value is -2.68. The maximum Gasteiger partial charge on any atom is 0.277 e. The molecule has 4 rings (SSSR count). The quantitative estimate of drug-likeness (QED) is 0.215. The van der Waals surface area contributed by atoms with Gasteiger partial charge in [-0.15, -0.1) is 0 Å². The van der Waals surface area contributed by atoms with Gasteiger partial charge in [0.15, 0.2) is 11.6 Å². The summed E-state index contributed by atoms with van der Waals surface area (Å²) in [6, 6.07) is 9.29. The Morgan fingerprint density at radius 3 is 2.57 bits per heavy atom. The van der Waals surface area contributed by atoms with Gasteiger partial charge < -0.3 is 5.32 Å². The van der Waals surface area contributed by atoms with Gasteiger partial charge >= 0.3 is 0 Å². The molecule has 1 saturated carbocycles. The molecule has 0 saturated heterocycles. The van der Waals surface area contributed by atoms with Gasteiger partial charge in [0.2, 0.25) is 10.0 Å². The highest BCUT2D eigenvalue weighted by Gasteiger charge is 2.30. The Balaban J connectivity index is 1.70. The van der Waals surface area contributed by atoms with Crippen LogP contribution in [0.5, 0.6) is 0 Å². The number of amides is 1. The third-order valence-corrected chi connectivity index (χ3v) is 7.84. The van der Waals surface area contributed by atoms with E-state index in [1.807, 2.05) is 6.07 Å². The molecule has 2 aromatic carbocycles. The zero-order chi connectivity index (χ0) is 26.7. The van der Waals surface area contributed by atoms with Crippen LogP contribution in [0, 0.1) is 35.0 Å². The molecule has 0 radical (unpaired) electrons. The van der Waals surface area contributed by atoms with Gasteiger partial charge in [0.1, 0.15) is 4.90 Å². The molecule has 1 aliphatic carbocycles. The smallest absolute Gasteiger partial charge is 0.277 e. The molecule has 1 aromatic heterocycles. The zero-order valence-electron chi connectivity index (χ0n) is 20.1. The van der Waals surface area contributed by atoms with Crippen molar-refractivity contribution in [2.45, 2.75) is 38.1 Å². The molecule has 196 valence electrons. The average Bonchev–Trinajstić information content (AvgIpc) is 3.66. The molecule has 8 nitrogen and oxygen atoms in total. The van der Waals surface area contributed by atoms with E-state index in [0.29, 0.717) is 28.4 Å². The van der Waals surface area contributed by atoms with Crippen molar-refractivity contribution < 1.29 is 26.8 Å². The van der Waals surface area contributed by atoms with Crippen molar-refractivity contribution >= 4 is 49.9 Å². The van der Waals surface area contributed by atoms with Gasteiger partial charge in [-0.1, -0.05) is 0 Å². The second-order valence-electron chi connectivity index (χ2n) is 8.83. The Kier molecular flexibility index (Phi) is 8.41. The van der Waals surface area contributed by atoms with Crippen molar-refractivity contribution in [1.29, 1.82) is 0 Å². The van der Waals surface area contributed by atoms with Crippen molar-refractivity contribution in [2.24, 2.45) is 5.92 Å². The summed E-state index contributed by atoms with van der Waals surface area (Å²) in [5.74, 6) is -3.70. The fourth-order valence-corrected chi connectivity index (χ4v) is 5.29. The first-order valence-corrected chi connectivity index (χ1v) is 14.0. The Bertz CT molecular complexity index is 1450. The summed E-state index contributed by atoms with van der Waals surface area (Å²) in [5.41, 5.74) is 3.68. The predicted octanol–water partition coefficient (Wildman–Crippen LogP) is 4.87. The normalized spacial score (nSPS) is 13.4. The molecule has 1 heterocycles. The molecule has 1 amide bonds. The summed E-state index contributed by atoms with van der Waals surface area (Å²) in [6.45, 7) is 3.60. The predicted molar refractivity (Wildman–Crippen MR) is 143 cm³/mol. The minimum absolute atomic E-state index is 0.180. The summed E-state index contributed by atoms with van der Waals surface area (Å²) in [7, 11) is -4.54. The molecular weight excluding hydrogens is 617 g/mol. The minimum Gasteiger partial charge on any atom is -0.352 e. The molecule has 37 heavy (non-hydrogen) atoms. The van der Waals surface area contributed by atoms with Crippen LogP contribution in [0.15, 0.2) is 47.5 Å². The highest BCUT2D eigenvalue weighted by atomic mass is 127. The summed E-state index contributed by atoms with van der Waals surface area (Å²) < 4.78 is 59.8. The number of carbonyl (C=O) groups is 1. The number of halogens is 3. The number of benzene rings is 2. The van der Waals surface area contributed by atoms with E-state index >= 15 is 8.78 Å². The molecule has 0 aliphatic heterocycles. The summed E-state index contributed by atoms with van der Waals surface area (Å²) in [6.07, 6.45) is 3.46. The Labute approximate surface area is 227 Å². The van der Waals surface area contributed by atoms with E-state index in [4.69, 9.17) is 4.84 Å². The zero-order valence-corrected chi connectivity index (χ0v) is 23.0. The molecule has 0 atom stereocenters. The molecule has 1 fully saturated rings. The van der Waals surface area contributed by atoms with Crippen LogP contribution >= 0.6 is 22.6 Å². The second-order valence-corrected chi connectivity index (χ2v) is 11.8. The van der Waals surface area contributed by atoms with Gasteiger partial charge in [-0.25, -0.2) is 27.4 Å². The van der Waals surface area contributed by atoms with Crippen molar-refractivity contribution in [1.82, 2.24) is 15.2 Å². The number of hydroxylamine groups is 1. The number of sulfonamides is 1. The van der Waals surface area contributed by atoms with Crippen LogP contribution in [-0.4, -0.2) is 25.9 Å². The van der Waals surface area contributed by atoms with Crippen molar-refractivity contribution in [3.05, 3.63) is 80.2 Å². The van der Waals surface area contributed by atoms with Gasteiger partial charge in [0, 0.05) is 27.7 Å². The summed E-state index contributed by atoms with van der Waals surface area (Å²) in [4.78, 5) is 21.2. The van der Waals surface area contributed by atoms with E-state index in [-0.39, 0.29) is 13.2 Å². The number of aryl methyl sites for hydroxylation is 2. The minimum atomic E-state index is -4.54. The van der Waals surface area contributed by atoms with E-state index in [1.54, 1.807) is 38.1 Å². The van der Waals surface area contributed by atoms with Crippen molar-refractivity contribution in [2.75, 3.05) is 11.9 Å². The van der Waals surface area contributed by atoms with Crippen LogP contribution in [0.2, 0.25) is 0 Å². The van der Waals surface area contributed by atoms with Gasteiger partial charge in [-0.05, 0) is 103 Å². The number of aromatic nitrogens is 1. The van der Waals surface area contributed by atoms with Crippen LogP contribution in [0.4, 0.5) is 20.2 Å². The number of anilines is 2. The van der Waals surface area contributed by atoms with Crippen LogP contribution in [0.25, 0.3) is 0 Å². The number of hydrogen-bond donors (Lipinski definition) is 3. The lowest BCUT2D eigenvalue weighted by atomic mass is 10.1. The molecule has 0 spiro atoms. The van der Waals surface area contributed by atoms with Crippen molar-refractivity contribution in [3.8, 4) is 0 Å². The number of hydrogen-bond acceptors (Lipinski definition) is 6. The van der Waals surface area contributed by atoms with E-state index in [9.17, 15) is 13.2 Å². The first-order chi connectivity index (χ1) is 17.5. The van der Waals surface area contributed by atoms with Gasteiger partial charge in [-0.3, -0.25) is 14.6 Å². The van der Waals surface area contributed by atoms with E-state index in [2.05, 4.69) is 43.1 Å². The lowest BCUT2D eigenvalue weighted by molar-refractivity contribution is 0.0270. The summed E-state index contributed by atoms with van der Waals surface area (Å²) in [5, 5.41) is 2.76. The van der Waals surface area contributed by atoms with Crippen LogP contribution in [-0.2, 0) is 21.4 Å². The number of nitrogens with zero attached hydrogens (tertiary/aromatic N) is 1. The molecular formula is C25H25F2IN4O4S. The van der Waals surface area contributed by atoms with Crippen LogP contribution in [0.3, 0.4) is 0 Å². The van der Waals surface area contributed by atoms with E-state index in [0.717, 1.165) is 22.5 Å². The SMILES string of the molecule is Cc1cc(CNS(=O)(=O)c2cc(C(=O)NOCC3CC3)c(Nc3ccc(I)cc3C)c(F)c2F)ccn1. The highest BCUT2D eigenvalue weighted by molar-refractivity contribution is 14.1. The second kappa shape index (κ2) is 11.4. The van der Waals surface area contributed by atoms with Gasteiger partial charge in [0.25, 0.3) is 5.91 Å². The molecule has 3 N–H and O–H groups in total. The summed E-state index contributed by atoms with van der Waals surface area (Å²) >= 11 is 2.11. The lowest BCUT2D eigenvalue weighted by Gasteiger charge is -2.18. The fourth-order valence-electron chi connectivity index (χ4n) is 3.54. The fraction of sp³-hybridized carbons (Fsp3) is 0.280. The first kappa shape index (κ1) is 27.4. The van der Waals surface area contributed by atoms with Gasteiger partial charge in [0.05, 0.1) is 17.9 Å². The molecule has 3 aromatic rings. The molecule has 0 unspecified atom stereocenters. The van der Waals surface area contributed by atoms with Crippen molar-refractivity contribution in [3.63, 3.8) is 0 Å². The maximum absolute atomic E-state index is 15.4. The third kappa shape index (κ3) is 6.80. The topological polar surface area (TPSA) is 109 Å². The number of pyridine rings is 1. The third-order valence-electron chi connectivity index (χ3n) is 5.76. The Morgan fingerprint density at radius 1 is 1.14 bits per heavy atom. The standard InChI is InChI=1S/C25H25F2IN4O4S/c1-14-9-18(28)5-6-20(14)31-24-19(25(33)32-36-13-16-3-4-16)11-21(22(26)23(24)27)37(34,35)30-12-17-7-8-29-15(2)10-17/h5-11,16,30-31H,3-4,12-13H2,1-2H3,(H,32,33). The molecule has 1 aliphatic rings. The first-order valence-electron chi connectivity index (χ1n) is 11.4. The monoisotopic (exact) mass is 642 g/mol. The highest BCUT2D eigenvalue weighted by Crippen LogP contribution is 2.33. The number of carbonyl (C=O) groups excluding carboxylic acids is 1. The largest absolute Gasteiger partial charge is 0.352 e. The average molecular weight is 642 g/mol. The van der Waals surface area contributed by atoms with Crippen LogP contribution in [0.1, 0.15) is 40.0 Å². The van der Waals surface area contributed by atoms with E-state index < -0.39 is 43.7 Å². The number of rotatable bonds is 10. The Morgan fingerprint density at radius 2 is 1.89 bits per heavy atom. The lowest BCUT2D eigenvalue weighted by Crippen LogP contribution is -2.28. The number of nitrogens with one attached hydrogen (secondary N) is 3. The molecule has 12 heteroatoms. The van der Waals surface area contributed by atoms with E-state index in [1.165, 1.54) is 6.20 Å².